The van der Waals surface area contributed by atoms with E-state index >= 15 is 0 Å². The van der Waals surface area contributed by atoms with Crippen molar-refractivity contribution in [3.63, 3.8) is 0 Å². The average molecular weight is 290 g/mol. The number of esters is 1. The zero-order chi connectivity index (χ0) is 15.2. The van der Waals surface area contributed by atoms with Crippen molar-refractivity contribution >= 4 is 17.8 Å². The van der Waals surface area contributed by atoms with Gasteiger partial charge in [0.15, 0.2) is 6.61 Å². The Morgan fingerprint density at radius 2 is 1.81 bits per heavy atom. The van der Waals surface area contributed by atoms with Crippen molar-refractivity contribution in [1.29, 1.82) is 0 Å². The van der Waals surface area contributed by atoms with Gasteiger partial charge in [0.05, 0.1) is 5.56 Å². The summed E-state index contributed by atoms with van der Waals surface area (Å²) in [6, 6.07) is 5.50. The number of benzene rings is 1. The van der Waals surface area contributed by atoms with Gasteiger partial charge in [-0.25, -0.2) is 4.79 Å². The van der Waals surface area contributed by atoms with Gasteiger partial charge >= 0.3 is 5.97 Å². The van der Waals surface area contributed by atoms with E-state index in [9.17, 15) is 14.4 Å². The SMILES string of the molecule is CC(=O)NNC(=O)COC(=O)c1ccc2c(c1)CCCC2. The molecular weight excluding hydrogens is 272 g/mol. The molecule has 2 rings (SSSR count). The Morgan fingerprint density at radius 3 is 2.52 bits per heavy atom. The van der Waals surface area contributed by atoms with E-state index in [1.54, 1.807) is 6.07 Å². The summed E-state index contributed by atoms with van der Waals surface area (Å²) in [5.41, 5.74) is 7.15. The van der Waals surface area contributed by atoms with Crippen molar-refractivity contribution in [3.05, 3.63) is 34.9 Å². The third-order valence-electron chi connectivity index (χ3n) is 3.30. The van der Waals surface area contributed by atoms with E-state index in [1.165, 1.54) is 24.5 Å². The van der Waals surface area contributed by atoms with Crippen LogP contribution in [0.2, 0.25) is 0 Å². The average Bonchev–Trinajstić information content (AvgIpc) is 2.50. The molecule has 0 heterocycles. The number of rotatable bonds is 3. The number of amides is 2. The second-order valence-electron chi connectivity index (χ2n) is 5.00. The molecule has 112 valence electrons. The van der Waals surface area contributed by atoms with Crippen LogP contribution in [0.4, 0.5) is 0 Å². The summed E-state index contributed by atoms with van der Waals surface area (Å²) in [5.74, 6) is -1.53. The number of fused-ring (bicyclic) bond motifs is 1. The Hall–Kier alpha value is -2.37. The van der Waals surface area contributed by atoms with Crippen molar-refractivity contribution < 1.29 is 19.1 Å². The van der Waals surface area contributed by atoms with Crippen LogP contribution in [-0.2, 0) is 27.2 Å². The number of carbonyl (C=O) groups excluding carboxylic acids is 3. The zero-order valence-electron chi connectivity index (χ0n) is 11.9. The molecule has 21 heavy (non-hydrogen) atoms. The van der Waals surface area contributed by atoms with Gasteiger partial charge < -0.3 is 4.74 Å². The number of nitrogens with one attached hydrogen (secondary N) is 2. The van der Waals surface area contributed by atoms with Crippen molar-refractivity contribution in [2.75, 3.05) is 6.61 Å². The first-order valence-electron chi connectivity index (χ1n) is 6.90. The number of hydrogen-bond acceptors (Lipinski definition) is 4. The summed E-state index contributed by atoms with van der Waals surface area (Å²) >= 11 is 0. The standard InChI is InChI=1S/C15H18N2O4/c1-10(18)16-17-14(19)9-21-15(20)13-7-6-11-4-2-3-5-12(11)8-13/h6-8H,2-5,9H2,1H3,(H,16,18)(H,17,19). The highest BCUT2D eigenvalue weighted by atomic mass is 16.5. The molecule has 0 fully saturated rings. The molecule has 6 nitrogen and oxygen atoms in total. The van der Waals surface area contributed by atoms with Crippen LogP contribution in [0.3, 0.4) is 0 Å². The molecular formula is C15H18N2O4. The minimum Gasteiger partial charge on any atom is -0.452 e. The minimum atomic E-state index is -0.587. The highest BCUT2D eigenvalue weighted by Gasteiger charge is 2.14. The lowest BCUT2D eigenvalue weighted by atomic mass is 9.90. The lowest BCUT2D eigenvalue weighted by Gasteiger charge is -2.16. The Labute approximate surface area is 122 Å². The molecule has 0 aliphatic heterocycles. The Kier molecular flexibility index (Phi) is 4.92. The first-order valence-corrected chi connectivity index (χ1v) is 6.90. The molecule has 0 bridgehead atoms. The summed E-state index contributed by atoms with van der Waals surface area (Å²) in [7, 11) is 0. The lowest BCUT2D eigenvalue weighted by molar-refractivity contribution is -0.129. The third kappa shape index (κ3) is 4.30. The molecule has 0 aromatic heterocycles. The smallest absolute Gasteiger partial charge is 0.338 e. The maximum atomic E-state index is 11.9. The monoisotopic (exact) mass is 290 g/mol. The molecule has 1 aromatic carbocycles. The van der Waals surface area contributed by atoms with Crippen LogP contribution in [0, 0.1) is 0 Å². The molecule has 1 aliphatic rings. The van der Waals surface area contributed by atoms with Crippen LogP contribution in [0.25, 0.3) is 0 Å². The molecule has 0 saturated heterocycles. The van der Waals surface area contributed by atoms with E-state index in [0.717, 1.165) is 19.3 Å². The molecule has 1 aromatic rings. The van der Waals surface area contributed by atoms with Gasteiger partial charge in [-0.05, 0) is 48.9 Å². The molecule has 0 unspecified atom stereocenters. The summed E-state index contributed by atoms with van der Waals surface area (Å²) in [4.78, 5) is 33.8. The van der Waals surface area contributed by atoms with Crippen molar-refractivity contribution in [2.45, 2.75) is 32.6 Å². The van der Waals surface area contributed by atoms with E-state index in [2.05, 4.69) is 10.9 Å². The normalized spacial score (nSPS) is 13.0. The summed E-state index contributed by atoms with van der Waals surface area (Å²) < 4.78 is 4.91. The number of hydrazine groups is 1. The van der Waals surface area contributed by atoms with Gasteiger partial charge in [-0.2, -0.15) is 0 Å². The van der Waals surface area contributed by atoms with Crippen molar-refractivity contribution in [1.82, 2.24) is 10.9 Å². The van der Waals surface area contributed by atoms with Crippen LogP contribution in [0.15, 0.2) is 18.2 Å². The summed E-state index contributed by atoms with van der Waals surface area (Å²) in [5, 5.41) is 0. The number of carbonyl (C=O) groups is 3. The first kappa shape index (κ1) is 15.0. The summed E-state index contributed by atoms with van der Waals surface area (Å²) in [6.07, 6.45) is 4.33. The summed E-state index contributed by atoms with van der Waals surface area (Å²) in [6.45, 7) is 0.829. The number of aryl methyl sites for hydroxylation is 2. The predicted molar refractivity (Wildman–Crippen MR) is 75.3 cm³/mol. The van der Waals surface area contributed by atoms with Crippen LogP contribution in [0.1, 0.15) is 41.3 Å². The molecule has 0 saturated carbocycles. The van der Waals surface area contributed by atoms with Gasteiger partial charge in [0, 0.05) is 6.92 Å². The highest BCUT2D eigenvalue weighted by Crippen LogP contribution is 2.22. The van der Waals surface area contributed by atoms with Crippen molar-refractivity contribution in [2.24, 2.45) is 0 Å². The Morgan fingerprint density at radius 1 is 1.10 bits per heavy atom. The van der Waals surface area contributed by atoms with E-state index in [0.29, 0.717) is 5.56 Å². The van der Waals surface area contributed by atoms with Crippen LogP contribution in [-0.4, -0.2) is 24.4 Å². The molecule has 2 amide bonds. The Bertz CT molecular complexity index is 569. The predicted octanol–water partition coefficient (Wildman–Crippen LogP) is 0.889. The van der Waals surface area contributed by atoms with E-state index in [-0.39, 0.29) is 0 Å². The van der Waals surface area contributed by atoms with Gasteiger partial charge in [0.2, 0.25) is 5.91 Å². The maximum Gasteiger partial charge on any atom is 0.338 e. The third-order valence-corrected chi connectivity index (χ3v) is 3.30. The van der Waals surface area contributed by atoms with Crippen LogP contribution >= 0.6 is 0 Å². The first-order chi connectivity index (χ1) is 10.1. The molecule has 6 heteroatoms. The highest BCUT2D eigenvalue weighted by molar-refractivity contribution is 5.91. The second kappa shape index (κ2) is 6.88. The fraction of sp³-hybridized carbons (Fsp3) is 0.400. The van der Waals surface area contributed by atoms with Crippen LogP contribution < -0.4 is 10.9 Å². The largest absolute Gasteiger partial charge is 0.452 e. The molecule has 2 N–H and O–H groups in total. The van der Waals surface area contributed by atoms with Gasteiger partial charge in [0.1, 0.15) is 0 Å². The minimum absolute atomic E-state index is 0.399. The van der Waals surface area contributed by atoms with Gasteiger partial charge in [-0.1, -0.05) is 6.07 Å². The van der Waals surface area contributed by atoms with Crippen molar-refractivity contribution in [3.8, 4) is 0 Å². The fourth-order valence-corrected chi connectivity index (χ4v) is 2.27. The van der Waals surface area contributed by atoms with E-state index in [1.807, 2.05) is 12.1 Å². The number of ether oxygens (including phenoxy) is 1. The van der Waals surface area contributed by atoms with E-state index in [4.69, 9.17) is 4.74 Å². The molecule has 1 aliphatic carbocycles. The zero-order valence-corrected chi connectivity index (χ0v) is 11.9. The van der Waals surface area contributed by atoms with Gasteiger partial charge in [-0.15, -0.1) is 0 Å². The van der Waals surface area contributed by atoms with Gasteiger partial charge in [0.25, 0.3) is 5.91 Å². The lowest BCUT2D eigenvalue weighted by Crippen LogP contribution is -2.42. The topological polar surface area (TPSA) is 84.5 Å². The molecule has 0 spiro atoms. The molecule has 0 radical (unpaired) electrons. The maximum absolute atomic E-state index is 11.9. The van der Waals surface area contributed by atoms with Gasteiger partial charge in [-0.3, -0.25) is 20.4 Å². The molecule has 0 atom stereocenters. The fourth-order valence-electron chi connectivity index (χ4n) is 2.27. The van der Waals surface area contributed by atoms with Crippen LogP contribution in [0.5, 0.6) is 0 Å². The quantitative estimate of drug-likeness (QED) is 0.639. The number of hydrogen-bond donors (Lipinski definition) is 2. The Balaban J connectivity index is 1.88. The second-order valence-corrected chi connectivity index (χ2v) is 5.00. The van der Waals surface area contributed by atoms with E-state index < -0.39 is 24.4 Å².